The van der Waals surface area contributed by atoms with E-state index >= 15 is 0 Å². The van der Waals surface area contributed by atoms with Crippen molar-refractivity contribution >= 4 is 0 Å². The molecule has 0 bridgehead atoms. The Bertz CT molecular complexity index is 208. The van der Waals surface area contributed by atoms with Crippen LogP contribution in [0, 0.1) is 13.8 Å². The monoisotopic (exact) mass is 343 g/mol. The van der Waals surface area contributed by atoms with Gasteiger partial charge in [0.25, 0.3) is 0 Å². The third kappa shape index (κ3) is 4.51. The van der Waals surface area contributed by atoms with E-state index in [1.165, 1.54) is 0 Å². The maximum atomic E-state index is 9.21. The van der Waals surface area contributed by atoms with Crippen LogP contribution in [0.2, 0.25) is 0 Å². The van der Waals surface area contributed by atoms with Gasteiger partial charge in [-0.05, 0) is 25.0 Å². The van der Waals surface area contributed by atoms with Gasteiger partial charge in [-0.3, -0.25) is 0 Å². The van der Waals surface area contributed by atoms with Crippen molar-refractivity contribution in [3.05, 3.63) is 29.3 Å². The smallest absolute Gasteiger partial charge is 1.00 e. The van der Waals surface area contributed by atoms with Crippen molar-refractivity contribution in [2.45, 2.75) is 13.8 Å². The minimum Gasteiger partial charge on any atom is -1.00 e. The zero-order valence-corrected chi connectivity index (χ0v) is 10.9. The Hall–Kier alpha value is 0.499. The van der Waals surface area contributed by atoms with E-state index in [2.05, 4.69) is 0 Å². The van der Waals surface area contributed by atoms with Crippen LogP contribution in [-0.2, 0) is 17.1 Å². The summed E-state index contributed by atoms with van der Waals surface area (Å²) in [5.74, 6) is 0.414. The number of rotatable bonds is 0. The van der Waals surface area contributed by atoms with Crippen molar-refractivity contribution in [1.82, 2.24) is 0 Å². The maximum Gasteiger partial charge on any atom is 2.00 e. The van der Waals surface area contributed by atoms with Crippen molar-refractivity contribution in [3.63, 3.8) is 0 Å². The average Bonchev–Trinajstić information content (AvgIpc) is 1.83. The average molecular weight is 346 g/mol. The van der Waals surface area contributed by atoms with Crippen LogP contribution in [0.15, 0.2) is 18.2 Å². The largest absolute Gasteiger partial charge is 2.00 e. The SMILES string of the molecule is Cc1cccc(C)c1O.[Br-].[Br-].[Cu+2]. The van der Waals surface area contributed by atoms with Crippen molar-refractivity contribution in [3.8, 4) is 5.75 Å². The second kappa shape index (κ2) is 8.11. The number of phenols is 1. The zero-order valence-electron chi connectivity index (χ0n) is 6.74. The summed E-state index contributed by atoms with van der Waals surface area (Å²) in [6.45, 7) is 3.78. The predicted octanol–water partition coefficient (Wildman–Crippen LogP) is -3.99. The number of phenolic OH excluding ortho intramolecular Hbond substituents is 1. The van der Waals surface area contributed by atoms with Gasteiger partial charge in [0.2, 0.25) is 0 Å². The zero-order chi connectivity index (χ0) is 6.85. The van der Waals surface area contributed by atoms with Gasteiger partial charge in [0.1, 0.15) is 5.75 Å². The first-order chi connectivity index (χ1) is 4.22. The number of halogens is 2. The molecular formula is C8H10Br2CuO. The Morgan fingerprint density at radius 2 is 1.33 bits per heavy atom. The molecule has 0 heterocycles. The van der Waals surface area contributed by atoms with Gasteiger partial charge in [0, 0.05) is 0 Å². The summed E-state index contributed by atoms with van der Waals surface area (Å²) in [7, 11) is 0. The minimum absolute atomic E-state index is 0. The summed E-state index contributed by atoms with van der Waals surface area (Å²) in [6, 6.07) is 5.72. The first-order valence-corrected chi connectivity index (χ1v) is 2.97. The number of hydrogen-bond donors (Lipinski definition) is 1. The molecule has 0 unspecified atom stereocenters. The van der Waals surface area contributed by atoms with E-state index in [1.807, 2.05) is 32.0 Å². The van der Waals surface area contributed by atoms with Gasteiger partial charge in [0.15, 0.2) is 0 Å². The molecule has 4 heteroatoms. The fourth-order valence-electron chi connectivity index (χ4n) is 0.806. The van der Waals surface area contributed by atoms with Crippen molar-refractivity contribution in [1.29, 1.82) is 0 Å². The Balaban J connectivity index is -0.000000270. The fraction of sp³-hybridized carbons (Fsp3) is 0.250. The van der Waals surface area contributed by atoms with Gasteiger partial charge >= 0.3 is 17.1 Å². The second-order valence-electron chi connectivity index (χ2n) is 2.24. The summed E-state index contributed by atoms with van der Waals surface area (Å²) in [5.41, 5.74) is 1.88. The Morgan fingerprint density at radius 3 is 1.58 bits per heavy atom. The third-order valence-corrected chi connectivity index (χ3v) is 1.44. The molecule has 1 N–H and O–H groups in total. The third-order valence-electron chi connectivity index (χ3n) is 1.44. The van der Waals surface area contributed by atoms with E-state index in [-0.39, 0.29) is 51.0 Å². The number of hydrogen-bond acceptors (Lipinski definition) is 1. The van der Waals surface area contributed by atoms with Gasteiger partial charge in [0.05, 0.1) is 0 Å². The van der Waals surface area contributed by atoms with Gasteiger partial charge < -0.3 is 39.1 Å². The van der Waals surface area contributed by atoms with Crippen molar-refractivity contribution < 1.29 is 56.1 Å². The van der Waals surface area contributed by atoms with Gasteiger partial charge in [-0.2, -0.15) is 0 Å². The van der Waals surface area contributed by atoms with Crippen LogP contribution in [-0.4, -0.2) is 5.11 Å². The standard InChI is InChI=1S/C8H10O.2BrH.Cu/c1-6-4-3-5-7(2)8(6)9;;;/h3-5,9H,1-2H3;2*1H;/q;;;+2/p-2. The summed E-state index contributed by atoms with van der Waals surface area (Å²) in [4.78, 5) is 0. The number of para-hydroxylation sites is 1. The molecular weight excluding hydrogens is 335 g/mol. The van der Waals surface area contributed by atoms with Crippen LogP contribution in [0.4, 0.5) is 0 Å². The normalized spacial score (nSPS) is 7.17. The van der Waals surface area contributed by atoms with Crippen LogP contribution < -0.4 is 34.0 Å². The molecule has 0 saturated carbocycles. The summed E-state index contributed by atoms with van der Waals surface area (Å²) in [5, 5.41) is 9.21. The second-order valence-corrected chi connectivity index (χ2v) is 2.24. The molecule has 1 aromatic rings. The van der Waals surface area contributed by atoms with E-state index in [9.17, 15) is 5.11 Å². The van der Waals surface area contributed by atoms with E-state index in [0.717, 1.165) is 11.1 Å². The first-order valence-electron chi connectivity index (χ1n) is 2.97. The maximum absolute atomic E-state index is 9.21. The molecule has 0 aliphatic rings. The minimum atomic E-state index is 0. The molecule has 0 aliphatic heterocycles. The van der Waals surface area contributed by atoms with Crippen molar-refractivity contribution in [2.75, 3.05) is 0 Å². The quantitative estimate of drug-likeness (QED) is 0.476. The molecule has 0 aliphatic carbocycles. The molecule has 1 nitrogen and oxygen atoms in total. The molecule has 1 aromatic carbocycles. The van der Waals surface area contributed by atoms with E-state index < -0.39 is 0 Å². The molecule has 0 spiro atoms. The molecule has 12 heavy (non-hydrogen) atoms. The molecule has 0 saturated heterocycles. The Labute approximate surface area is 105 Å². The van der Waals surface area contributed by atoms with Crippen LogP contribution in [0.1, 0.15) is 11.1 Å². The Kier molecular flexibility index (Phi) is 12.4. The molecule has 0 fully saturated rings. The summed E-state index contributed by atoms with van der Waals surface area (Å²) in [6.07, 6.45) is 0. The molecule has 73 valence electrons. The van der Waals surface area contributed by atoms with Crippen LogP contribution >= 0.6 is 0 Å². The molecule has 0 atom stereocenters. The molecule has 0 amide bonds. The number of aromatic hydroxyl groups is 1. The first kappa shape index (κ1) is 18.3. The van der Waals surface area contributed by atoms with E-state index in [0.29, 0.717) is 5.75 Å². The summed E-state index contributed by atoms with van der Waals surface area (Å²) < 4.78 is 0. The fourth-order valence-corrected chi connectivity index (χ4v) is 0.806. The van der Waals surface area contributed by atoms with Gasteiger partial charge in [-0.1, -0.05) is 18.2 Å². The number of aryl methyl sites for hydroxylation is 2. The molecule has 0 aromatic heterocycles. The van der Waals surface area contributed by atoms with Crippen LogP contribution in [0.25, 0.3) is 0 Å². The topological polar surface area (TPSA) is 20.2 Å². The molecule has 1 rings (SSSR count). The van der Waals surface area contributed by atoms with Crippen LogP contribution in [0.5, 0.6) is 5.75 Å². The number of benzene rings is 1. The predicted molar refractivity (Wildman–Crippen MR) is 37.6 cm³/mol. The Morgan fingerprint density at radius 1 is 1.00 bits per heavy atom. The molecule has 1 radical (unpaired) electrons. The summed E-state index contributed by atoms with van der Waals surface area (Å²) >= 11 is 0. The van der Waals surface area contributed by atoms with Gasteiger partial charge in [-0.25, -0.2) is 0 Å². The van der Waals surface area contributed by atoms with Gasteiger partial charge in [-0.15, -0.1) is 0 Å². The van der Waals surface area contributed by atoms with Crippen LogP contribution in [0.3, 0.4) is 0 Å². The van der Waals surface area contributed by atoms with E-state index in [4.69, 9.17) is 0 Å². The van der Waals surface area contributed by atoms with E-state index in [1.54, 1.807) is 0 Å². The van der Waals surface area contributed by atoms with Crippen molar-refractivity contribution in [2.24, 2.45) is 0 Å².